The Labute approximate surface area is 129 Å². The Hall–Kier alpha value is -2.80. The van der Waals surface area contributed by atoms with Gasteiger partial charge in [0.2, 0.25) is 6.79 Å². The maximum absolute atomic E-state index is 11.4. The second kappa shape index (κ2) is 4.60. The van der Waals surface area contributed by atoms with Crippen molar-refractivity contribution in [2.75, 3.05) is 12.5 Å². The summed E-state index contributed by atoms with van der Waals surface area (Å²) < 4.78 is 10.7. The third-order valence-corrected chi connectivity index (χ3v) is 4.62. The minimum absolute atomic E-state index is 0.231. The zero-order valence-electron chi connectivity index (χ0n) is 11.3. The molecular weight excluding hydrogens is 302 g/mol. The Balaban J connectivity index is 1.84. The highest BCUT2D eigenvalue weighted by atomic mass is 32.1. The monoisotopic (exact) mass is 313 g/mol. The topological polar surface area (TPSA) is 100 Å². The lowest BCUT2D eigenvalue weighted by Gasteiger charge is -2.03. The number of fused-ring (bicyclic) bond motifs is 2. The number of aromatic nitrogens is 1. The molecule has 110 valence electrons. The Kier molecular flexibility index (Phi) is 2.70. The van der Waals surface area contributed by atoms with Gasteiger partial charge in [0.1, 0.15) is 9.71 Å². The molecule has 0 saturated carbocycles. The number of amides is 1. The van der Waals surface area contributed by atoms with Crippen molar-refractivity contribution >= 4 is 33.1 Å². The van der Waals surface area contributed by atoms with E-state index in [-0.39, 0.29) is 6.79 Å². The molecule has 1 amide bonds. The van der Waals surface area contributed by atoms with Gasteiger partial charge in [0.25, 0.3) is 5.91 Å². The highest BCUT2D eigenvalue weighted by Gasteiger charge is 2.17. The summed E-state index contributed by atoms with van der Waals surface area (Å²) in [6.07, 6.45) is 0. The van der Waals surface area contributed by atoms with Crippen molar-refractivity contribution in [1.82, 2.24) is 4.98 Å². The van der Waals surface area contributed by atoms with Crippen LogP contribution in [-0.2, 0) is 0 Å². The van der Waals surface area contributed by atoms with Crippen molar-refractivity contribution in [3.63, 3.8) is 0 Å². The molecule has 1 aromatic carbocycles. The molecule has 7 heteroatoms. The lowest BCUT2D eigenvalue weighted by atomic mass is 10.1. The largest absolute Gasteiger partial charge is 0.454 e. The molecule has 0 fully saturated rings. The molecule has 0 unspecified atom stereocenters. The first-order valence-electron chi connectivity index (χ1n) is 6.52. The van der Waals surface area contributed by atoms with E-state index >= 15 is 0 Å². The van der Waals surface area contributed by atoms with Gasteiger partial charge in [0.15, 0.2) is 11.5 Å². The van der Waals surface area contributed by atoms with Crippen LogP contribution in [-0.4, -0.2) is 17.7 Å². The smallest absolute Gasteiger partial charge is 0.260 e. The molecule has 2 aromatic heterocycles. The van der Waals surface area contributed by atoms with Crippen LogP contribution < -0.4 is 20.9 Å². The number of primary amides is 1. The molecule has 4 rings (SSSR count). The summed E-state index contributed by atoms with van der Waals surface area (Å²) in [5.41, 5.74) is 13.3. The third-order valence-electron chi connectivity index (χ3n) is 3.49. The molecule has 0 bridgehead atoms. The predicted molar refractivity (Wildman–Crippen MR) is 84.1 cm³/mol. The molecular formula is C15H11N3O3S. The average Bonchev–Trinajstić information content (AvgIpc) is 3.10. The number of nitrogens with zero attached hydrogens (tertiary/aromatic N) is 1. The highest BCUT2D eigenvalue weighted by Crippen LogP contribution is 2.37. The fourth-order valence-corrected chi connectivity index (χ4v) is 3.34. The second-order valence-electron chi connectivity index (χ2n) is 4.83. The molecule has 6 nitrogen and oxygen atoms in total. The minimum Gasteiger partial charge on any atom is -0.454 e. The summed E-state index contributed by atoms with van der Waals surface area (Å²) in [4.78, 5) is 17.0. The van der Waals surface area contributed by atoms with Gasteiger partial charge in [-0.15, -0.1) is 11.3 Å². The standard InChI is InChI=1S/C15H11N3O3S/c16-12-8-2-3-9(18-15(8)22-13(12)14(17)19)7-1-4-10-11(5-7)21-6-20-10/h1-5H,6,16H2,(H2,17,19). The first-order valence-corrected chi connectivity index (χ1v) is 7.34. The number of pyridine rings is 1. The fraction of sp³-hybridized carbons (Fsp3) is 0.0667. The normalized spacial score (nSPS) is 12.7. The van der Waals surface area contributed by atoms with E-state index < -0.39 is 5.91 Å². The summed E-state index contributed by atoms with van der Waals surface area (Å²) in [5.74, 6) is 0.884. The quantitative estimate of drug-likeness (QED) is 0.756. The van der Waals surface area contributed by atoms with E-state index in [4.69, 9.17) is 20.9 Å². The molecule has 0 spiro atoms. The number of thiophene rings is 1. The van der Waals surface area contributed by atoms with E-state index in [2.05, 4.69) is 4.98 Å². The van der Waals surface area contributed by atoms with Gasteiger partial charge in [-0.2, -0.15) is 0 Å². The molecule has 22 heavy (non-hydrogen) atoms. The molecule has 0 radical (unpaired) electrons. The van der Waals surface area contributed by atoms with Crippen molar-refractivity contribution < 1.29 is 14.3 Å². The van der Waals surface area contributed by atoms with E-state index in [1.54, 1.807) is 0 Å². The van der Waals surface area contributed by atoms with Crippen LogP contribution in [0.4, 0.5) is 5.69 Å². The molecule has 0 atom stereocenters. The SMILES string of the molecule is NC(=O)c1sc2nc(-c3ccc4c(c3)OCO4)ccc2c1N. The number of hydrogen-bond donors (Lipinski definition) is 2. The Morgan fingerprint density at radius 2 is 2.00 bits per heavy atom. The van der Waals surface area contributed by atoms with E-state index in [9.17, 15) is 4.79 Å². The molecule has 3 aromatic rings. The first-order chi connectivity index (χ1) is 10.6. The number of nitrogens with two attached hydrogens (primary N) is 2. The van der Waals surface area contributed by atoms with Crippen LogP contribution in [0, 0.1) is 0 Å². The van der Waals surface area contributed by atoms with Crippen molar-refractivity contribution in [1.29, 1.82) is 0 Å². The summed E-state index contributed by atoms with van der Waals surface area (Å²) in [7, 11) is 0. The Bertz CT molecular complexity index is 920. The summed E-state index contributed by atoms with van der Waals surface area (Å²) in [6.45, 7) is 0.231. The van der Waals surface area contributed by atoms with E-state index in [1.165, 1.54) is 11.3 Å². The number of anilines is 1. The van der Waals surface area contributed by atoms with Crippen LogP contribution in [0.5, 0.6) is 11.5 Å². The molecule has 1 aliphatic rings. The first kappa shape index (κ1) is 12.9. The van der Waals surface area contributed by atoms with Gasteiger partial charge in [-0.3, -0.25) is 4.79 Å². The van der Waals surface area contributed by atoms with Crippen LogP contribution in [0.25, 0.3) is 21.5 Å². The van der Waals surface area contributed by atoms with Gasteiger partial charge in [-0.25, -0.2) is 4.98 Å². The van der Waals surface area contributed by atoms with Crippen molar-refractivity contribution in [2.24, 2.45) is 5.73 Å². The molecule has 3 heterocycles. The fourth-order valence-electron chi connectivity index (χ4n) is 2.40. The van der Waals surface area contributed by atoms with Crippen LogP contribution in [0.15, 0.2) is 30.3 Å². The van der Waals surface area contributed by atoms with E-state index in [1.807, 2.05) is 30.3 Å². The minimum atomic E-state index is -0.537. The third kappa shape index (κ3) is 1.86. The lowest BCUT2D eigenvalue weighted by Crippen LogP contribution is -2.10. The van der Waals surface area contributed by atoms with Crippen molar-refractivity contribution in [3.8, 4) is 22.8 Å². The highest BCUT2D eigenvalue weighted by molar-refractivity contribution is 7.21. The number of carbonyl (C=O) groups excluding carboxylic acids is 1. The Morgan fingerprint density at radius 1 is 1.18 bits per heavy atom. The zero-order valence-corrected chi connectivity index (χ0v) is 12.1. The molecule has 1 aliphatic heterocycles. The number of benzene rings is 1. The summed E-state index contributed by atoms with van der Waals surface area (Å²) in [5, 5.41) is 0.739. The van der Waals surface area contributed by atoms with Crippen molar-refractivity contribution in [3.05, 3.63) is 35.2 Å². The number of carbonyl (C=O) groups is 1. The number of ether oxygens (including phenoxy) is 2. The second-order valence-corrected chi connectivity index (χ2v) is 5.83. The predicted octanol–water partition coefficient (Wildman–Crippen LogP) is 2.37. The Morgan fingerprint density at radius 3 is 2.82 bits per heavy atom. The number of hydrogen-bond acceptors (Lipinski definition) is 6. The van der Waals surface area contributed by atoms with Gasteiger partial charge in [0.05, 0.1) is 11.4 Å². The zero-order chi connectivity index (χ0) is 15.3. The van der Waals surface area contributed by atoms with Crippen LogP contribution >= 0.6 is 11.3 Å². The van der Waals surface area contributed by atoms with Crippen molar-refractivity contribution in [2.45, 2.75) is 0 Å². The van der Waals surface area contributed by atoms with Gasteiger partial charge in [-0.1, -0.05) is 0 Å². The van der Waals surface area contributed by atoms with Crippen LogP contribution in [0.2, 0.25) is 0 Å². The lowest BCUT2D eigenvalue weighted by molar-refractivity contribution is 0.100. The maximum atomic E-state index is 11.4. The number of rotatable bonds is 2. The van der Waals surface area contributed by atoms with Crippen LogP contribution in [0.1, 0.15) is 9.67 Å². The summed E-state index contributed by atoms with van der Waals surface area (Å²) >= 11 is 1.20. The van der Waals surface area contributed by atoms with Gasteiger partial charge in [0, 0.05) is 10.9 Å². The summed E-state index contributed by atoms with van der Waals surface area (Å²) in [6, 6.07) is 9.34. The van der Waals surface area contributed by atoms with E-state index in [0.29, 0.717) is 21.1 Å². The van der Waals surface area contributed by atoms with Gasteiger partial charge in [-0.05, 0) is 30.3 Å². The maximum Gasteiger partial charge on any atom is 0.260 e. The average molecular weight is 313 g/mol. The molecule has 0 saturated heterocycles. The number of nitrogen functional groups attached to an aromatic ring is 1. The van der Waals surface area contributed by atoms with E-state index in [0.717, 1.165) is 22.4 Å². The van der Waals surface area contributed by atoms with Crippen LogP contribution in [0.3, 0.4) is 0 Å². The molecule has 0 aliphatic carbocycles. The van der Waals surface area contributed by atoms with Gasteiger partial charge < -0.3 is 20.9 Å². The molecule has 4 N–H and O–H groups in total. The van der Waals surface area contributed by atoms with Gasteiger partial charge >= 0.3 is 0 Å².